The molecule has 0 aliphatic heterocycles. The zero-order chi connectivity index (χ0) is 16.7. The Balaban J connectivity index is 1.93. The molecule has 0 saturated heterocycles. The van der Waals surface area contributed by atoms with Crippen LogP contribution in [-0.2, 0) is 11.3 Å². The van der Waals surface area contributed by atoms with Crippen molar-refractivity contribution in [2.45, 2.75) is 6.54 Å². The number of carbonyl (C=O) groups is 1. The Morgan fingerprint density at radius 3 is 2.61 bits per heavy atom. The third-order valence-electron chi connectivity index (χ3n) is 3.01. The van der Waals surface area contributed by atoms with E-state index in [0.717, 1.165) is 11.3 Å². The molecule has 0 aliphatic carbocycles. The van der Waals surface area contributed by atoms with Crippen LogP contribution >= 0.6 is 11.6 Å². The molecule has 0 atom stereocenters. The van der Waals surface area contributed by atoms with Gasteiger partial charge in [0.05, 0.1) is 17.3 Å². The van der Waals surface area contributed by atoms with E-state index in [-0.39, 0.29) is 18.3 Å². The van der Waals surface area contributed by atoms with Crippen LogP contribution < -0.4 is 16.4 Å². The van der Waals surface area contributed by atoms with Crippen molar-refractivity contribution in [3.63, 3.8) is 0 Å². The van der Waals surface area contributed by atoms with Crippen LogP contribution in [0.2, 0.25) is 0 Å². The lowest BCUT2D eigenvalue weighted by Crippen LogP contribution is -2.16. The van der Waals surface area contributed by atoms with Crippen molar-refractivity contribution < 1.29 is 13.9 Å². The van der Waals surface area contributed by atoms with E-state index in [1.807, 2.05) is 0 Å². The summed E-state index contributed by atoms with van der Waals surface area (Å²) in [5, 5.41) is 5.71. The minimum Gasteiger partial charge on any atom is -0.448 e. The Bertz CT molecular complexity index is 665. The normalized spacial score (nSPS) is 10.2. The number of hydrogen-bond donors (Lipinski definition) is 3. The molecule has 0 radical (unpaired) electrons. The van der Waals surface area contributed by atoms with Crippen LogP contribution in [0.4, 0.5) is 26.2 Å². The molecular formula is C16H17ClFN3O2. The highest BCUT2D eigenvalue weighted by Crippen LogP contribution is 2.23. The fourth-order valence-corrected chi connectivity index (χ4v) is 1.95. The van der Waals surface area contributed by atoms with Gasteiger partial charge in [-0.3, -0.25) is 5.32 Å². The Morgan fingerprint density at radius 2 is 1.96 bits per heavy atom. The molecule has 1 amide bonds. The highest BCUT2D eigenvalue weighted by atomic mass is 35.5. The Labute approximate surface area is 138 Å². The fourth-order valence-electron chi connectivity index (χ4n) is 1.87. The van der Waals surface area contributed by atoms with E-state index in [1.54, 1.807) is 30.3 Å². The molecule has 23 heavy (non-hydrogen) atoms. The summed E-state index contributed by atoms with van der Waals surface area (Å²) in [6.45, 7) is 0.662. The molecule has 2 rings (SSSR count). The molecule has 0 aliphatic rings. The average molecular weight is 338 g/mol. The third-order valence-corrected chi connectivity index (χ3v) is 3.16. The molecule has 0 spiro atoms. The zero-order valence-corrected chi connectivity index (χ0v) is 13.1. The second-order valence-corrected chi connectivity index (χ2v) is 5.11. The highest BCUT2D eigenvalue weighted by molar-refractivity contribution is 6.18. The number of halogens is 2. The van der Waals surface area contributed by atoms with E-state index in [9.17, 15) is 9.18 Å². The van der Waals surface area contributed by atoms with Crippen LogP contribution in [0.25, 0.3) is 0 Å². The molecule has 0 unspecified atom stereocenters. The molecular weight excluding hydrogens is 321 g/mol. The number of amides is 1. The van der Waals surface area contributed by atoms with Gasteiger partial charge in [-0.2, -0.15) is 0 Å². The number of nitrogens with two attached hydrogens (primary N) is 1. The lowest BCUT2D eigenvalue weighted by atomic mass is 10.2. The Hall–Kier alpha value is -2.47. The van der Waals surface area contributed by atoms with E-state index < -0.39 is 6.09 Å². The summed E-state index contributed by atoms with van der Waals surface area (Å²) in [5.41, 5.74) is 8.48. The molecule has 0 bridgehead atoms. The zero-order valence-electron chi connectivity index (χ0n) is 12.3. The SMILES string of the molecule is Nc1cc(NCc2ccc(F)cc2)ccc1NC(=O)OCCCl. The molecule has 0 aromatic heterocycles. The number of ether oxygens (including phenoxy) is 1. The van der Waals surface area contributed by atoms with Crippen molar-refractivity contribution >= 4 is 34.8 Å². The summed E-state index contributed by atoms with van der Waals surface area (Å²) in [7, 11) is 0. The first-order chi connectivity index (χ1) is 11.1. The van der Waals surface area contributed by atoms with Crippen LogP contribution in [0.1, 0.15) is 5.56 Å². The summed E-state index contributed by atoms with van der Waals surface area (Å²) in [6.07, 6.45) is -0.607. The quantitative estimate of drug-likeness (QED) is 0.553. The number of nitrogens with one attached hydrogen (secondary N) is 2. The van der Waals surface area contributed by atoms with Gasteiger partial charge in [0.15, 0.2) is 0 Å². The first kappa shape index (κ1) is 16.9. The molecule has 2 aromatic carbocycles. The topological polar surface area (TPSA) is 76.4 Å². The predicted molar refractivity (Wildman–Crippen MR) is 90.3 cm³/mol. The van der Waals surface area contributed by atoms with Crippen LogP contribution in [0.15, 0.2) is 42.5 Å². The first-order valence-corrected chi connectivity index (χ1v) is 7.49. The number of hydrogen-bond acceptors (Lipinski definition) is 4. The molecule has 0 heterocycles. The van der Waals surface area contributed by atoms with Crippen molar-refractivity contribution in [1.29, 1.82) is 0 Å². The van der Waals surface area contributed by atoms with Gasteiger partial charge >= 0.3 is 6.09 Å². The number of nitrogen functional groups attached to an aromatic ring is 1. The van der Waals surface area contributed by atoms with Crippen LogP contribution in [0, 0.1) is 5.82 Å². The second-order valence-electron chi connectivity index (χ2n) is 4.73. The summed E-state index contributed by atoms with van der Waals surface area (Å²) in [4.78, 5) is 11.5. The summed E-state index contributed by atoms with van der Waals surface area (Å²) in [5.74, 6) is -0.0377. The number of rotatable bonds is 6. The molecule has 5 nitrogen and oxygen atoms in total. The lowest BCUT2D eigenvalue weighted by molar-refractivity contribution is 0.168. The molecule has 0 fully saturated rings. The van der Waals surface area contributed by atoms with Crippen molar-refractivity contribution in [2.24, 2.45) is 0 Å². The Kier molecular flexibility index (Phi) is 6.05. The van der Waals surface area contributed by atoms with Gasteiger partial charge in [0.25, 0.3) is 0 Å². The molecule has 122 valence electrons. The third kappa shape index (κ3) is 5.34. The standard InChI is InChI=1S/C16H17ClFN3O2/c17-7-8-23-16(22)21-15-6-5-13(9-14(15)19)20-10-11-1-3-12(18)4-2-11/h1-6,9,20H,7-8,10,19H2,(H,21,22). The van der Waals surface area contributed by atoms with Gasteiger partial charge in [-0.15, -0.1) is 11.6 Å². The summed E-state index contributed by atoms with van der Waals surface area (Å²) < 4.78 is 17.7. The van der Waals surface area contributed by atoms with Gasteiger partial charge in [-0.25, -0.2) is 9.18 Å². The summed E-state index contributed by atoms with van der Waals surface area (Å²) in [6, 6.07) is 11.4. The Morgan fingerprint density at radius 1 is 1.22 bits per heavy atom. The predicted octanol–water partition coefficient (Wildman–Crippen LogP) is 3.81. The number of carbonyl (C=O) groups excluding carboxylic acids is 1. The van der Waals surface area contributed by atoms with Gasteiger partial charge in [0.1, 0.15) is 12.4 Å². The van der Waals surface area contributed by atoms with E-state index in [0.29, 0.717) is 17.9 Å². The highest BCUT2D eigenvalue weighted by Gasteiger charge is 2.06. The smallest absolute Gasteiger partial charge is 0.411 e. The van der Waals surface area contributed by atoms with Crippen molar-refractivity contribution in [2.75, 3.05) is 28.9 Å². The number of alkyl halides is 1. The minimum absolute atomic E-state index is 0.130. The monoisotopic (exact) mass is 337 g/mol. The van der Waals surface area contributed by atoms with E-state index >= 15 is 0 Å². The first-order valence-electron chi connectivity index (χ1n) is 6.96. The largest absolute Gasteiger partial charge is 0.448 e. The van der Waals surface area contributed by atoms with Gasteiger partial charge in [-0.05, 0) is 35.9 Å². The second kappa shape index (κ2) is 8.24. The van der Waals surface area contributed by atoms with E-state index in [4.69, 9.17) is 22.1 Å². The maximum Gasteiger partial charge on any atom is 0.411 e. The molecule has 2 aromatic rings. The van der Waals surface area contributed by atoms with Crippen molar-refractivity contribution in [3.05, 3.63) is 53.8 Å². The van der Waals surface area contributed by atoms with Gasteiger partial charge in [0.2, 0.25) is 0 Å². The maximum atomic E-state index is 12.8. The molecule has 0 saturated carbocycles. The molecule has 4 N–H and O–H groups in total. The van der Waals surface area contributed by atoms with E-state index in [2.05, 4.69) is 10.6 Å². The van der Waals surface area contributed by atoms with Crippen LogP contribution in [0.5, 0.6) is 0 Å². The van der Waals surface area contributed by atoms with Crippen molar-refractivity contribution in [1.82, 2.24) is 0 Å². The van der Waals surface area contributed by atoms with E-state index in [1.165, 1.54) is 12.1 Å². The summed E-state index contributed by atoms with van der Waals surface area (Å²) >= 11 is 5.44. The van der Waals surface area contributed by atoms with Gasteiger partial charge < -0.3 is 15.8 Å². The van der Waals surface area contributed by atoms with Crippen LogP contribution in [-0.4, -0.2) is 18.6 Å². The van der Waals surface area contributed by atoms with Crippen molar-refractivity contribution in [3.8, 4) is 0 Å². The van der Waals surface area contributed by atoms with Crippen LogP contribution in [0.3, 0.4) is 0 Å². The minimum atomic E-state index is -0.607. The fraction of sp³-hybridized carbons (Fsp3) is 0.188. The van der Waals surface area contributed by atoms with Gasteiger partial charge in [-0.1, -0.05) is 12.1 Å². The molecule has 7 heteroatoms. The lowest BCUT2D eigenvalue weighted by Gasteiger charge is -2.11. The average Bonchev–Trinajstić information content (AvgIpc) is 2.54. The maximum absolute atomic E-state index is 12.8. The van der Waals surface area contributed by atoms with Gasteiger partial charge in [0, 0.05) is 12.2 Å². The number of benzene rings is 2. The number of anilines is 3.